The van der Waals surface area contributed by atoms with Gasteiger partial charge in [-0.1, -0.05) is 30.3 Å². The van der Waals surface area contributed by atoms with Crippen LogP contribution in [0.4, 0.5) is 0 Å². The van der Waals surface area contributed by atoms with Crippen molar-refractivity contribution in [1.29, 1.82) is 0 Å². The number of hydrogen-bond donors (Lipinski definition) is 0. The van der Waals surface area contributed by atoms with Crippen molar-refractivity contribution < 1.29 is 14.1 Å². The van der Waals surface area contributed by atoms with E-state index in [0.717, 1.165) is 30.7 Å². The van der Waals surface area contributed by atoms with Crippen LogP contribution in [-0.2, 0) is 23.2 Å². The molecule has 146 valence electrons. The summed E-state index contributed by atoms with van der Waals surface area (Å²) in [5.41, 5.74) is 0.763. The lowest BCUT2D eigenvalue weighted by Gasteiger charge is -2.38. The lowest BCUT2D eigenvalue weighted by atomic mass is 9.81. The van der Waals surface area contributed by atoms with Crippen LogP contribution in [0.15, 0.2) is 51.7 Å². The third-order valence-electron chi connectivity index (χ3n) is 5.10. The van der Waals surface area contributed by atoms with Crippen molar-refractivity contribution in [3.63, 3.8) is 0 Å². The molecule has 6 nitrogen and oxygen atoms in total. The second-order valence-electron chi connectivity index (χ2n) is 7.40. The fourth-order valence-corrected chi connectivity index (χ4v) is 4.20. The van der Waals surface area contributed by atoms with Crippen molar-refractivity contribution in [2.75, 3.05) is 13.1 Å². The van der Waals surface area contributed by atoms with Crippen LogP contribution in [0.1, 0.15) is 37.0 Å². The van der Waals surface area contributed by atoms with E-state index in [1.54, 1.807) is 11.3 Å². The minimum Gasteiger partial charge on any atom is -0.484 e. The van der Waals surface area contributed by atoms with Crippen molar-refractivity contribution in [3.8, 4) is 5.75 Å². The first-order valence-corrected chi connectivity index (χ1v) is 10.4. The van der Waals surface area contributed by atoms with Crippen LogP contribution in [0.2, 0.25) is 0 Å². The number of piperidine rings is 1. The van der Waals surface area contributed by atoms with Gasteiger partial charge in [0.15, 0.2) is 12.4 Å². The number of carbonyl (C=O) groups excluding carboxylic acids is 1. The monoisotopic (exact) mass is 397 g/mol. The zero-order valence-electron chi connectivity index (χ0n) is 15.8. The molecular formula is C21H23N3O3S. The predicted molar refractivity (Wildman–Crippen MR) is 106 cm³/mol. The maximum Gasteiger partial charge on any atom is 0.264 e. The standard InChI is InChI=1S/C21H23N3O3S/c1-21(9-5-10-24(15-21)19(25)12-16-8-11-28-14-16)20-22-18(27-23-20)13-26-17-6-3-2-4-7-17/h2-4,6-8,11,14H,5,9-10,12-13,15H2,1H3. The molecular weight excluding hydrogens is 374 g/mol. The van der Waals surface area contributed by atoms with Gasteiger partial charge >= 0.3 is 0 Å². The number of nitrogens with zero attached hydrogens (tertiary/aromatic N) is 3. The zero-order valence-corrected chi connectivity index (χ0v) is 16.7. The Morgan fingerprint density at radius 2 is 2.18 bits per heavy atom. The molecule has 2 aromatic heterocycles. The molecule has 1 fully saturated rings. The number of hydrogen-bond acceptors (Lipinski definition) is 6. The third kappa shape index (κ3) is 4.25. The number of thiophene rings is 1. The van der Waals surface area contributed by atoms with Gasteiger partial charge in [-0.05, 0) is 47.4 Å². The number of amides is 1. The summed E-state index contributed by atoms with van der Waals surface area (Å²) < 4.78 is 11.1. The Hall–Kier alpha value is -2.67. The first kappa shape index (κ1) is 18.7. The molecule has 7 heteroatoms. The molecule has 3 heterocycles. The van der Waals surface area contributed by atoms with Gasteiger partial charge in [0.25, 0.3) is 5.89 Å². The van der Waals surface area contributed by atoms with Crippen molar-refractivity contribution in [1.82, 2.24) is 15.0 Å². The Morgan fingerprint density at radius 3 is 2.96 bits per heavy atom. The Bertz CT molecular complexity index is 910. The molecule has 0 saturated carbocycles. The first-order valence-electron chi connectivity index (χ1n) is 9.42. The summed E-state index contributed by atoms with van der Waals surface area (Å²) in [4.78, 5) is 19.2. The van der Waals surface area contributed by atoms with E-state index < -0.39 is 0 Å². The lowest BCUT2D eigenvalue weighted by molar-refractivity contribution is -0.132. The highest BCUT2D eigenvalue weighted by Gasteiger charge is 2.38. The van der Waals surface area contributed by atoms with Gasteiger partial charge in [0, 0.05) is 18.5 Å². The number of likely N-dealkylation sites (tertiary alicyclic amines) is 1. The highest BCUT2D eigenvalue weighted by atomic mass is 32.1. The average Bonchev–Trinajstić information content (AvgIpc) is 3.39. The fourth-order valence-electron chi connectivity index (χ4n) is 3.53. The van der Waals surface area contributed by atoms with Gasteiger partial charge in [-0.25, -0.2) is 0 Å². The molecule has 1 amide bonds. The predicted octanol–water partition coefficient (Wildman–Crippen LogP) is 3.83. The van der Waals surface area contributed by atoms with Gasteiger partial charge < -0.3 is 14.2 Å². The minimum absolute atomic E-state index is 0.153. The van der Waals surface area contributed by atoms with E-state index >= 15 is 0 Å². The minimum atomic E-state index is -0.308. The molecule has 1 unspecified atom stereocenters. The summed E-state index contributed by atoms with van der Waals surface area (Å²) in [6, 6.07) is 11.5. The van der Waals surface area contributed by atoms with E-state index in [4.69, 9.17) is 9.26 Å². The van der Waals surface area contributed by atoms with E-state index in [1.807, 2.05) is 52.1 Å². The first-order chi connectivity index (χ1) is 13.6. The SMILES string of the molecule is CC1(c2noc(COc3ccccc3)n2)CCCN(C(=O)Cc2ccsc2)C1. The number of rotatable bonds is 6. The van der Waals surface area contributed by atoms with E-state index in [2.05, 4.69) is 17.1 Å². The molecule has 0 bridgehead atoms. The van der Waals surface area contributed by atoms with Crippen LogP contribution < -0.4 is 4.74 Å². The summed E-state index contributed by atoms with van der Waals surface area (Å²) in [5.74, 6) is 2.01. The maximum atomic E-state index is 12.7. The summed E-state index contributed by atoms with van der Waals surface area (Å²) in [5, 5.41) is 8.22. The van der Waals surface area contributed by atoms with Crippen molar-refractivity contribution in [2.24, 2.45) is 0 Å². The van der Waals surface area contributed by atoms with Crippen molar-refractivity contribution in [3.05, 3.63) is 64.4 Å². The van der Waals surface area contributed by atoms with Gasteiger partial charge in [-0.15, -0.1) is 0 Å². The van der Waals surface area contributed by atoms with E-state index in [0.29, 0.717) is 24.7 Å². The molecule has 0 aliphatic carbocycles. The number of ether oxygens (including phenoxy) is 1. The van der Waals surface area contributed by atoms with Crippen molar-refractivity contribution in [2.45, 2.75) is 38.2 Å². The molecule has 0 radical (unpaired) electrons. The van der Waals surface area contributed by atoms with Gasteiger partial charge in [0.2, 0.25) is 5.91 Å². The van der Waals surface area contributed by atoms with Crippen LogP contribution in [0.3, 0.4) is 0 Å². The van der Waals surface area contributed by atoms with Gasteiger partial charge in [0.05, 0.1) is 6.42 Å². The molecule has 1 saturated heterocycles. The quantitative estimate of drug-likeness (QED) is 0.632. The molecule has 4 rings (SSSR count). The van der Waals surface area contributed by atoms with E-state index in [-0.39, 0.29) is 17.9 Å². The van der Waals surface area contributed by atoms with Gasteiger partial charge in [-0.2, -0.15) is 16.3 Å². The van der Waals surface area contributed by atoms with Crippen LogP contribution in [0.25, 0.3) is 0 Å². The largest absolute Gasteiger partial charge is 0.484 e. The number of para-hydroxylation sites is 1. The number of aromatic nitrogens is 2. The average molecular weight is 398 g/mol. The smallest absolute Gasteiger partial charge is 0.264 e. The number of carbonyl (C=O) groups is 1. The maximum absolute atomic E-state index is 12.7. The summed E-state index contributed by atoms with van der Waals surface area (Å²) in [7, 11) is 0. The van der Waals surface area contributed by atoms with Crippen LogP contribution in [0.5, 0.6) is 5.75 Å². The Balaban J connectivity index is 1.40. The van der Waals surface area contributed by atoms with Crippen LogP contribution >= 0.6 is 11.3 Å². The zero-order chi connectivity index (χ0) is 19.4. The normalized spacial score (nSPS) is 19.5. The highest BCUT2D eigenvalue weighted by Crippen LogP contribution is 2.32. The van der Waals surface area contributed by atoms with E-state index in [1.165, 1.54) is 0 Å². The lowest BCUT2D eigenvalue weighted by Crippen LogP contribution is -2.48. The molecule has 0 N–H and O–H groups in total. The number of benzene rings is 1. The second-order valence-corrected chi connectivity index (χ2v) is 8.18. The van der Waals surface area contributed by atoms with Crippen LogP contribution in [-0.4, -0.2) is 34.0 Å². The summed E-state index contributed by atoms with van der Waals surface area (Å²) in [6.07, 6.45) is 2.30. The van der Waals surface area contributed by atoms with Crippen molar-refractivity contribution >= 4 is 17.2 Å². The Morgan fingerprint density at radius 1 is 1.32 bits per heavy atom. The molecule has 1 aliphatic heterocycles. The fraction of sp³-hybridized carbons (Fsp3) is 0.381. The molecule has 1 aliphatic rings. The Labute approximate surface area is 168 Å². The highest BCUT2D eigenvalue weighted by molar-refractivity contribution is 7.08. The van der Waals surface area contributed by atoms with Crippen LogP contribution in [0, 0.1) is 0 Å². The molecule has 1 aromatic carbocycles. The third-order valence-corrected chi connectivity index (χ3v) is 5.83. The van der Waals surface area contributed by atoms with Gasteiger partial charge in [-0.3, -0.25) is 4.79 Å². The topological polar surface area (TPSA) is 68.5 Å². The summed E-state index contributed by atoms with van der Waals surface area (Å²) >= 11 is 1.62. The molecule has 28 heavy (non-hydrogen) atoms. The molecule has 1 atom stereocenters. The molecule has 0 spiro atoms. The summed E-state index contributed by atoms with van der Waals surface area (Å²) in [6.45, 7) is 3.71. The molecule has 3 aromatic rings. The van der Waals surface area contributed by atoms with Gasteiger partial charge in [0.1, 0.15) is 5.75 Å². The van der Waals surface area contributed by atoms with E-state index in [9.17, 15) is 4.79 Å². The Kier molecular flexibility index (Phi) is 5.43. The second kappa shape index (κ2) is 8.14.